The summed E-state index contributed by atoms with van der Waals surface area (Å²) in [6.07, 6.45) is 1.75. The summed E-state index contributed by atoms with van der Waals surface area (Å²) in [4.78, 5) is 4.64. The molecule has 234 valence electrons. The van der Waals surface area contributed by atoms with Crippen molar-refractivity contribution in [2.24, 2.45) is 0 Å². The molecule has 6 aromatic carbocycles. The average molecular weight is 614 g/mol. The third-order valence-corrected chi connectivity index (χ3v) is 7.63. The summed E-state index contributed by atoms with van der Waals surface area (Å²) < 4.78 is 2.32. The van der Waals surface area contributed by atoms with E-state index in [0.29, 0.717) is 0 Å². The van der Waals surface area contributed by atoms with E-state index < -0.39 is 0 Å². The van der Waals surface area contributed by atoms with Crippen LogP contribution in [-0.4, -0.2) is 4.57 Å². The highest BCUT2D eigenvalue weighted by Gasteiger charge is 2.18. The molecule has 0 unspecified atom stereocenters. The van der Waals surface area contributed by atoms with Crippen molar-refractivity contribution in [2.45, 2.75) is 27.7 Å². The molecule has 0 aliphatic carbocycles. The van der Waals surface area contributed by atoms with Crippen molar-refractivity contribution >= 4 is 45.0 Å². The van der Waals surface area contributed by atoms with Gasteiger partial charge in [0.25, 0.3) is 0 Å². The predicted octanol–water partition coefficient (Wildman–Crippen LogP) is 13.1. The van der Waals surface area contributed by atoms with E-state index in [4.69, 9.17) is 0 Å². The number of fused-ring (bicyclic) bond motifs is 1. The van der Waals surface area contributed by atoms with E-state index in [1.807, 2.05) is 20.8 Å². The molecule has 1 aromatic heterocycles. The second-order valence-corrected chi connectivity index (χ2v) is 10.8. The Morgan fingerprint density at radius 2 is 0.851 bits per heavy atom. The number of anilines is 6. The van der Waals surface area contributed by atoms with Gasteiger partial charge in [0.15, 0.2) is 0 Å². The molecule has 7 rings (SSSR count). The number of rotatable bonds is 7. The highest BCUT2D eigenvalue weighted by atomic mass is 15.2. The largest absolute Gasteiger partial charge is 0.314 e. The molecule has 0 saturated heterocycles. The monoisotopic (exact) mass is 613 g/mol. The molecule has 3 heteroatoms. The fourth-order valence-electron chi connectivity index (χ4n) is 5.80. The summed E-state index contributed by atoms with van der Waals surface area (Å²) in [5.41, 5.74) is 10.2. The first-order valence-corrected chi connectivity index (χ1v) is 16.3. The van der Waals surface area contributed by atoms with Gasteiger partial charge in [-0.2, -0.15) is 0 Å². The van der Waals surface area contributed by atoms with E-state index in [1.54, 1.807) is 6.08 Å². The number of hydrogen-bond donors (Lipinski definition) is 0. The Hall–Kier alpha value is -5.80. The Labute approximate surface area is 280 Å². The minimum absolute atomic E-state index is 1.09. The first-order chi connectivity index (χ1) is 23.2. The Bertz CT molecular complexity index is 1940. The fourth-order valence-corrected chi connectivity index (χ4v) is 5.80. The number of para-hydroxylation sites is 4. The van der Waals surface area contributed by atoms with Crippen molar-refractivity contribution in [1.82, 2.24) is 4.57 Å². The smallest absolute Gasteiger partial charge is 0.0532 e. The molecule has 0 aliphatic rings. The van der Waals surface area contributed by atoms with Crippen LogP contribution in [0.1, 0.15) is 26.5 Å². The Kier molecular flexibility index (Phi) is 11.1. The fraction of sp³-hybridized carbons (Fsp3) is 0.0909. The number of nitrogens with zero attached hydrogens (tertiary/aromatic N) is 3. The van der Waals surface area contributed by atoms with Crippen LogP contribution in [0.15, 0.2) is 183 Å². The molecule has 0 N–H and O–H groups in total. The van der Waals surface area contributed by atoms with Crippen LogP contribution in [0.2, 0.25) is 0 Å². The van der Waals surface area contributed by atoms with E-state index in [9.17, 15) is 0 Å². The Balaban J connectivity index is 0.000000822. The highest BCUT2D eigenvalue weighted by Crippen LogP contribution is 2.41. The van der Waals surface area contributed by atoms with E-state index in [0.717, 1.165) is 34.1 Å². The van der Waals surface area contributed by atoms with Gasteiger partial charge < -0.3 is 14.4 Å². The molecule has 0 atom stereocenters. The summed E-state index contributed by atoms with van der Waals surface area (Å²) in [5, 5.41) is 1.21. The molecule has 1 heterocycles. The van der Waals surface area contributed by atoms with Gasteiger partial charge in [0.2, 0.25) is 0 Å². The first-order valence-electron chi connectivity index (χ1n) is 16.3. The normalized spacial score (nSPS) is 10.2. The molecule has 0 aliphatic heterocycles. The number of aromatic nitrogens is 1. The molecule has 3 nitrogen and oxygen atoms in total. The molecule has 0 spiro atoms. The van der Waals surface area contributed by atoms with Gasteiger partial charge in [-0.15, -0.1) is 6.58 Å². The van der Waals surface area contributed by atoms with Crippen LogP contribution in [0.3, 0.4) is 0 Å². The quantitative estimate of drug-likeness (QED) is 0.166. The lowest BCUT2D eigenvalue weighted by Gasteiger charge is -2.29. The van der Waals surface area contributed by atoms with E-state index >= 15 is 0 Å². The van der Waals surface area contributed by atoms with Gasteiger partial charge in [0, 0.05) is 50.9 Å². The van der Waals surface area contributed by atoms with E-state index in [-0.39, 0.29) is 0 Å². The zero-order valence-corrected chi connectivity index (χ0v) is 27.8. The average Bonchev–Trinajstić information content (AvgIpc) is 3.46. The van der Waals surface area contributed by atoms with Crippen molar-refractivity contribution in [3.05, 3.63) is 188 Å². The Morgan fingerprint density at radius 3 is 1.32 bits per heavy atom. The van der Waals surface area contributed by atoms with Crippen molar-refractivity contribution in [1.29, 1.82) is 0 Å². The zero-order chi connectivity index (χ0) is 33.0. The zero-order valence-electron chi connectivity index (χ0n) is 27.8. The third-order valence-electron chi connectivity index (χ3n) is 7.63. The molecule has 0 radical (unpaired) electrons. The van der Waals surface area contributed by atoms with Gasteiger partial charge in [0.1, 0.15) is 0 Å². The van der Waals surface area contributed by atoms with E-state index in [2.05, 4.69) is 198 Å². The van der Waals surface area contributed by atoms with Crippen LogP contribution in [0.25, 0.3) is 16.6 Å². The lowest BCUT2D eigenvalue weighted by Crippen LogP contribution is -2.13. The van der Waals surface area contributed by atoms with Crippen molar-refractivity contribution in [2.75, 3.05) is 9.80 Å². The number of aryl methyl sites for hydroxylation is 1. The lowest BCUT2D eigenvalue weighted by atomic mass is 10.1. The van der Waals surface area contributed by atoms with Crippen LogP contribution in [0.4, 0.5) is 34.1 Å². The minimum atomic E-state index is 1.09. The summed E-state index contributed by atoms with van der Waals surface area (Å²) in [5.74, 6) is 0. The number of allylic oxidation sites excluding steroid dienone is 1. The summed E-state index contributed by atoms with van der Waals surface area (Å²) >= 11 is 0. The van der Waals surface area contributed by atoms with E-state index in [1.165, 1.54) is 22.3 Å². The molecule has 0 fully saturated rings. The maximum absolute atomic E-state index is 3.36. The van der Waals surface area contributed by atoms with Gasteiger partial charge in [-0.25, -0.2) is 0 Å². The molecular formula is C44H43N3. The molecule has 0 saturated carbocycles. The van der Waals surface area contributed by atoms with Crippen LogP contribution in [0, 0.1) is 6.92 Å². The van der Waals surface area contributed by atoms with Crippen molar-refractivity contribution in [3.63, 3.8) is 0 Å². The highest BCUT2D eigenvalue weighted by molar-refractivity contribution is 5.90. The topological polar surface area (TPSA) is 11.4 Å². The standard InChI is InChI=1S/C39H31N3.C3H6.C2H6/c1-30-27-31-28-38(25-26-39(31)40(30)32-15-6-2-7-16-32)42(35-21-12-5-13-22-35)37-24-14-23-36(29-37)41(33-17-8-3-9-18-33)34-19-10-4-11-20-34;1-3-2;1-2/h2-29H,1H3;3H,1H2,2H3;1-2H3. The third kappa shape index (κ3) is 7.37. The van der Waals surface area contributed by atoms with Gasteiger partial charge in [0.05, 0.1) is 5.52 Å². The summed E-state index contributed by atoms with van der Waals surface area (Å²) in [7, 11) is 0. The maximum Gasteiger partial charge on any atom is 0.0532 e. The molecule has 0 bridgehead atoms. The molecule has 0 amide bonds. The minimum Gasteiger partial charge on any atom is -0.314 e. The van der Waals surface area contributed by atoms with Crippen molar-refractivity contribution < 1.29 is 0 Å². The SMILES string of the molecule is C=CC.CC.Cc1cc2cc(N(c3ccccc3)c3cccc(N(c4ccccc4)c4ccccc4)c3)ccc2n1-c1ccccc1. The first kappa shape index (κ1) is 32.6. The lowest BCUT2D eigenvalue weighted by molar-refractivity contribution is 1.05. The number of benzene rings is 6. The second kappa shape index (κ2) is 16.0. The van der Waals surface area contributed by atoms with Crippen LogP contribution in [-0.2, 0) is 0 Å². The summed E-state index contributed by atoms with van der Waals surface area (Å²) in [6.45, 7) is 11.4. The van der Waals surface area contributed by atoms with Gasteiger partial charge in [-0.05, 0) is 105 Å². The van der Waals surface area contributed by atoms with Crippen molar-refractivity contribution in [3.8, 4) is 5.69 Å². The van der Waals surface area contributed by atoms with Crippen LogP contribution in [0.5, 0.6) is 0 Å². The summed E-state index contributed by atoms with van der Waals surface area (Å²) in [6, 6.07) is 60.1. The second-order valence-electron chi connectivity index (χ2n) is 10.8. The van der Waals surface area contributed by atoms with Gasteiger partial charge in [-0.3, -0.25) is 0 Å². The predicted molar refractivity (Wildman–Crippen MR) is 205 cm³/mol. The number of hydrogen-bond acceptors (Lipinski definition) is 2. The van der Waals surface area contributed by atoms with Gasteiger partial charge >= 0.3 is 0 Å². The Morgan fingerprint density at radius 1 is 0.468 bits per heavy atom. The van der Waals surface area contributed by atoms with Crippen LogP contribution >= 0.6 is 0 Å². The molecule has 47 heavy (non-hydrogen) atoms. The van der Waals surface area contributed by atoms with Crippen LogP contribution < -0.4 is 9.80 Å². The van der Waals surface area contributed by atoms with Gasteiger partial charge in [-0.1, -0.05) is 98.8 Å². The maximum atomic E-state index is 3.36. The molecule has 7 aromatic rings. The molecular weight excluding hydrogens is 571 g/mol.